The van der Waals surface area contributed by atoms with Gasteiger partial charge >= 0.3 is 0 Å². The molecule has 1 amide bonds. The van der Waals surface area contributed by atoms with Crippen molar-refractivity contribution in [3.8, 4) is 22.5 Å². The molecule has 3 aromatic carbocycles. The molecule has 0 fully saturated rings. The molecule has 0 saturated heterocycles. The maximum absolute atomic E-state index is 13.3. The highest BCUT2D eigenvalue weighted by Gasteiger charge is 2.16. The third-order valence-electron chi connectivity index (χ3n) is 5.41. The number of amides is 1. The van der Waals surface area contributed by atoms with E-state index in [-0.39, 0.29) is 5.91 Å². The molecule has 32 heavy (non-hydrogen) atoms. The van der Waals surface area contributed by atoms with Crippen LogP contribution in [0.3, 0.4) is 0 Å². The second-order valence-corrected chi connectivity index (χ2v) is 8.61. The van der Waals surface area contributed by atoms with E-state index in [0.717, 1.165) is 39.0 Å². The van der Waals surface area contributed by atoms with Crippen molar-refractivity contribution in [2.24, 2.45) is 0 Å². The highest BCUT2D eigenvalue weighted by atomic mass is 32.1. The second-order valence-electron chi connectivity index (χ2n) is 7.75. The summed E-state index contributed by atoms with van der Waals surface area (Å²) in [7, 11) is 0. The lowest BCUT2D eigenvalue weighted by molar-refractivity contribution is 0.102. The van der Waals surface area contributed by atoms with Crippen molar-refractivity contribution in [1.29, 1.82) is 0 Å². The predicted octanol–water partition coefficient (Wildman–Crippen LogP) is 6.89. The van der Waals surface area contributed by atoms with Crippen LogP contribution in [0.2, 0.25) is 0 Å². The van der Waals surface area contributed by atoms with E-state index in [9.17, 15) is 4.79 Å². The second kappa shape index (κ2) is 8.36. The molecule has 5 aromatic rings. The summed E-state index contributed by atoms with van der Waals surface area (Å²) in [5.41, 5.74) is 7.39. The average Bonchev–Trinajstić information content (AvgIpc) is 3.27. The summed E-state index contributed by atoms with van der Waals surface area (Å²) in [5, 5.41) is 6.33. The summed E-state index contributed by atoms with van der Waals surface area (Å²) in [6.07, 6.45) is 0. The van der Waals surface area contributed by atoms with Gasteiger partial charge in [-0.15, -0.1) is 11.3 Å². The monoisotopic (exact) mass is 435 g/mol. The SMILES string of the molecule is Cc1ccc(-c2cc(C(=O)Nc3nc(-c4ccccc4)cs3)c3ccccc3n2)c(C)c1. The van der Waals surface area contributed by atoms with Gasteiger partial charge in [-0.2, -0.15) is 0 Å². The number of hydrogen-bond acceptors (Lipinski definition) is 4. The minimum Gasteiger partial charge on any atom is -0.298 e. The molecule has 0 bridgehead atoms. The van der Waals surface area contributed by atoms with Crippen molar-refractivity contribution in [3.05, 3.63) is 101 Å². The lowest BCUT2D eigenvalue weighted by Gasteiger charge is -2.11. The minimum atomic E-state index is -0.191. The van der Waals surface area contributed by atoms with E-state index in [4.69, 9.17) is 4.98 Å². The summed E-state index contributed by atoms with van der Waals surface area (Å²) in [6, 6.07) is 25.8. The molecule has 0 spiro atoms. The van der Waals surface area contributed by atoms with Gasteiger partial charge in [0.2, 0.25) is 0 Å². The Morgan fingerprint density at radius 3 is 2.44 bits per heavy atom. The summed E-state index contributed by atoms with van der Waals surface area (Å²) in [5.74, 6) is -0.191. The van der Waals surface area contributed by atoms with Gasteiger partial charge in [0.25, 0.3) is 5.91 Å². The Labute approximate surface area is 190 Å². The molecular weight excluding hydrogens is 414 g/mol. The number of hydrogen-bond donors (Lipinski definition) is 1. The Hall–Kier alpha value is -3.83. The highest BCUT2D eigenvalue weighted by molar-refractivity contribution is 7.14. The third kappa shape index (κ3) is 3.90. The third-order valence-corrected chi connectivity index (χ3v) is 6.17. The molecule has 0 saturated carbocycles. The summed E-state index contributed by atoms with van der Waals surface area (Å²) in [6.45, 7) is 4.14. The van der Waals surface area contributed by atoms with Gasteiger partial charge in [0.1, 0.15) is 0 Å². The fourth-order valence-corrected chi connectivity index (χ4v) is 4.55. The number of aryl methyl sites for hydroxylation is 2. The van der Waals surface area contributed by atoms with Gasteiger partial charge in [0, 0.05) is 21.9 Å². The molecule has 0 unspecified atom stereocenters. The van der Waals surface area contributed by atoms with Crippen LogP contribution in [0.4, 0.5) is 5.13 Å². The fourth-order valence-electron chi connectivity index (χ4n) is 3.84. The lowest BCUT2D eigenvalue weighted by atomic mass is 9.99. The first-order valence-electron chi connectivity index (χ1n) is 10.4. The van der Waals surface area contributed by atoms with Crippen molar-refractivity contribution in [2.45, 2.75) is 13.8 Å². The number of benzene rings is 3. The fraction of sp³-hybridized carbons (Fsp3) is 0.0741. The van der Waals surface area contributed by atoms with Crippen molar-refractivity contribution >= 4 is 33.3 Å². The number of pyridine rings is 1. The number of aromatic nitrogens is 2. The van der Waals surface area contributed by atoms with Gasteiger partial charge in [-0.3, -0.25) is 10.1 Å². The van der Waals surface area contributed by atoms with Crippen molar-refractivity contribution in [3.63, 3.8) is 0 Å². The van der Waals surface area contributed by atoms with Crippen LogP contribution in [-0.2, 0) is 0 Å². The molecule has 2 heterocycles. The first-order valence-corrected chi connectivity index (χ1v) is 11.3. The number of carbonyl (C=O) groups excluding carboxylic acids is 1. The highest BCUT2D eigenvalue weighted by Crippen LogP contribution is 2.29. The van der Waals surface area contributed by atoms with Crippen LogP contribution in [-0.4, -0.2) is 15.9 Å². The van der Waals surface area contributed by atoms with Gasteiger partial charge in [0.15, 0.2) is 5.13 Å². The lowest BCUT2D eigenvalue weighted by Crippen LogP contribution is -2.13. The first kappa shape index (κ1) is 20.1. The number of rotatable bonds is 4. The zero-order chi connectivity index (χ0) is 22.1. The minimum absolute atomic E-state index is 0.191. The van der Waals surface area contributed by atoms with Gasteiger partial charge < -0.3 is 0 Å². The topological polar surface area (TPSA) is 54.9 Å². The zero-order valence-electron chi connectivity index (χ0n) is 17.8. The van der Waals surface area contributed by atoms with Crippen LogP contribution in [0, 0.1) is 13.8 Å². The van der Waals surface area contributed by atoms with Crippen LogP contribution in [0.1, 0.15) is 21.5 Å². The van der Waals surface area contributed by atoms with Crippen molar-refractivity contribution in [1.82, 2.24) is 9.97 Å². The zero-order valence-corrected chi connectivity index (χ0v) is 18.6. The molecule has 5 heteroatoms. The standard InChI is InChI=1S/C27H21N3OS/c1-17-12-13-20(18(2)14-17)24-15-22(21-10-6-7-11-23(21)28-24)26(31)30-27-29-25(16-32-27)19-8-4-3-5-9-19/h3-16H,1-2H3,(H,29,30,31). The maximum Gasteiger partial charge on any atom is 0.258 e. The Kier molecular flexibility index (Phi) is 5.25. The molecule has 5 rings (SSSR count). The Morgan fingerprint density at radius 1 is 0.844 bits per heavy atom. The van der Waals surface area contributed by atoms with Crippen LogP contribution >= 0.6 is 11.3 Å². The average molecular weight is 436 g/mol. The molecular formula is C27H21N3OS. The molecule has 0 aliphatic rings. The van der Waals surface area contributed by atoms with Crippen molar-refractivity contribution < 1.29 is 4.79 Å². The molecule has 1 N–H and O–H groups in total. The normalized spacial score (nSPS) is 10.9. The number of anilines is 1. The maximum atomic E-state index is 13.3. The van der Waals surface area contributed by atoms with Crippen LogP contribution in [0.25, 0.3) is 33.4 Å². The van der Waals surface area contributed by atoms with Crippen LogP contribution < -0.4 is 5.32 Å². The first-order chi connectivity index (χ1) is 15.6. The number of para-hydroxylation sites is 1. The van der Waals surface area contributed by atoms with Gasteiger partial charge in [-0.1, -0.05) is 72.3 Å². The summed E-state index contributed by atoms with van der Waals surface area (Å²) in [4.78, 5) is 22.8. The molecule has 0 atom stereocenters. The number of thiazole rings is 1. The van der Waals surface area contributed by atoms with Gasteiger partial charge in [-0.05, 0) is 31.5 Å². The molecule has 0 radical (unpaired) electrons. The van der Waals surface area contributed by atoms with E-state index in [1.165, 1.54) is 16.9 Å². The predicted molar refractivity (Wildman–Crippen MR) is 132 cm³/mol. The van der Waals surface area contributed by atoms with E-state index in [2.05, 4.69) is 42.3 Å². The Bertz CT molecular complexity index is 1440. The van der Waals surface area contributed by atoms with Crippen molar-refractivity contribution in [2.75, 3.05) is 5.32 Å². The number of fused-ring (bicyclic) bond motifs is 1. The van der Waals surface area contributed by atoms with E-state index >= 15 is 0 Å². The van der Waals surface area contributed by atoms with E-state index in [1.54, 1.807) is 0 Å². The molecule has 0 aliphatic heterocycles. The smallest absolute Gasteiger partial charge is 0.258 e. The molecule has 0 aliphatic carbocycles. The van der Waals surface area contributed by atoms with Crippen LogP contribution in [0.5, 0.6) is 0 Å². The van der Waals surface area contributed by atoms with E-state index in [0.29, 0.717) is 10.7 Å². The summed E-state index contributed by atoms with van der Waals surface area (Å²) < 4.78 is 0. The Morgan fingerprint density at radius 2 is 1.62 bits per heavy atom. The van der Waals surface area contributed by atoms with E-state index < -0.39 is 0 Å². The Balaban J connectivity index is 1.53. The largest absolute Gasteiger partial charge is 0.298 e. The molecule has 156 valence electrons. The van der Waals surface area contributed by atoms with E-state index in [1.807, 2.05) is 66.0 Å². The van der Waals surface area contributed by atoms with Gasteiger partial charge in [-0.25, -0.2) is 9.97 Å². The summed E-state index contributed by atoms with van der Waals surface area (Å²) >= 11 is 1.42. The number of nitrogens with one attached hydrogen (secondary N) is 1. The quantitative estimate of drug-likeness (QED) is 0.334. The number of nitrogens with zero attached hydrogens (tertiary/aromatic N) is 2. The molecule has 2 aromatic heterocycles. The molecule has 4 nitrogen and oxygen atoms in total. The van der Waals surface area contributed by atoms with Crippen LogP contribution in [0.15, 0.2) is 84.2 Å². The number of carbonyl (C=O) groups is 1. The van der Waals surface area contributed by atoms with Gasteiger partial charge in [0.05, 0.1) is 22.5 Å².